The second kappa shape index (κ2) is 7.05. The molecule has 3 aliphatic heterocycles. The third-order valence-electron chi connectivity index (χ3n) is 6.16. The van der Waals surface area contributed by atoms with E-state index in [2.05, 4.69) is 23.2 Å². The predicted octanol–water partition coefficient (Wildman–Crippen LogP) is 0.759. The van der Waals surface area contributed by atoms with E-state index in [-0.39, 0.29) is 30.2 Å². The van der Waals surface area contributed by atoms with E-state index in [0.29, 0.717) is 24.6 Å². The van der Waals surface area contributed by atoms with E-state index >= 15 is 0 Å². The lowest BCUT2D eigenvalue weighted by atomic mass is 9.97. The number of fused-ring (bicyclic) bond motifs is 1. The maximum atomic E-state index is 12.9. The minimum atomic E-state index is -0.564. The number of nitrogens with zero attached hydrogens (tertiary/aromatic N) is 2. The van der Waals surface area contributed by atoms with Gasteiger partial charge in [0.15, 0.2) is 0 Å². The van der Waals surface area contributed by atoms with Gasteiger partial charge in [-0.25, -0.2) is 0 Å². The Kier molecular flexibility index (Phi) is 4.74. The molecule has 2 fully saturated rings. The van der Waals surface area contributed by atoms with Crippen LogP contribution in [-0.4, -0.2) is 52.2 Å². The van der Waals surface area contributed by atoms with Crippen molar-refractivity contribution in [3.05, 3.63) is 34.9 Å². The smallest absolute Gasteiger partial charge is 0.255 e. The number of benzene rings is 1. The number of nitrogens with two attached hydrogens (primary N) is 1. The quantitative estimate of drug-likeness (QED) is 0.766. The molecule has 144 valence electrons. The van der Waals surface area contributed by atoms with E-state index in [0.717, 1.165) is 37.1 Å². The Bertz CT molecular complexity index is 793. The summed E-state index contributed by atoms with van der Waals surface area (Å²) in [7, 11) is 0. The summed E-state index contributed by atoms with van der Waals surface area (Å²) in [5, 5.41) is 2.34. The standard InChI is InChI=1S/C20H26N4O3/c1-12-16(21)3-2-8-23(12)10-13-4-5-14-11-24(20(27)15(14)9-13)17-6-7-18(25)22-19(17)26/h4-5,9,12,16-17H,2-3,6-8,10-11,21H2,1H3,(H,22,25,26)/t12-,16+,17?/m0/s1. The van der Waals surface area contributed by atoms with Gasteiger partial charge >= 0.3 is 0 Å². The van der Waals surface area contributed by atoms with Crippen molar-refractivity contribution in [2.45, 2.75) is 63.8 Å². The zero-order valence-corrected chi connectivity index (χ0v) is 15.6. The van der Waals surface area contributed by atoms with Crippen LogP contribution in [-0.2, 0) is 22.7 Å². The van der Waals surface area contributed by atoms with Gasteiger partial charge in [-0.05, 0) is 49.9 Å². The SMILES string of the molecule is C[C@H]1[C@H](N)CCCN1Cc1ccc2c(c1)C(=O)N(C1CCC(=O)NC1=O)C2. The molecule has 0 bridgehead atoms. The van der Waals surface area contributed by atoms with Crippen LogP contribution in [0.2, 0.25) is 0 Å². The maximum Gasteiger partial charge on any atom is 0.255 e. The van der Waals surface area contributed by atoms with Gasteiger partial charge in [0, 0.05) is 37.2 Å². The molecule has 3 aliphatic rings. The van der Waals surface area contributed by atoms with Gasteiger partial charge in [0.25, 0.3) is 5.91 Å². The van der Waals surface area contributed by atoms with E-state index in [1.165, 1.54) is 0 Å². The number of hydrogen-bond acceptors (Lipinski definition) is 5. The van der Waals surface area contributed by atoms with Crippen LogP contribution in [0.15, 0.2) is 18.2 Å². The Hall–Kier alpha value is -2.25. The largest absolute Gasteiger partial charge is 0.326 e. The molecule has 0 saturated carbocycles. The fraction of sp³-hybridized carbons (Fsp3) is 0.550. The predicted molar refractivity (Wildman–Crippen MR) is 99.6 cm³/mol. The van der Waals surface area contributed by atoms with Crippen LogP contribution in [0.5, 0.6) is 0 Å². The molecular formula is C20H26N4O3. The number of amides is 3. The molecule has 0 spiro atoms. The molecule has 27 heavy (non-hydrogen) atoms. The Labute approximate surface area is 158 Å². The summed E-state index contributed by atoms with van der Waals surface area (Å²) in [5.74, 6) is -0.759. The zero-order valence-electron chi connectivity index (χ0n) is 15.6. The molecule has 3 heterocycles. The van der Waals surface area contributed by atoms with Gasteiger partial charge < -0.3 is 10.6 Å². The first-order valence-electron chi connectivity index (χ1n) is 9.70. The molecular weight excluding hydrogens is 344 g/mol. The fourth-order valence-electron chi connectivity index (χ4n) is 4.40. The first kappa shape index (κ1) is 18.1. The first-order chi connectivity index (χ1) is 12.9. The fourth-order valence-corrected chi connectivity index (χ4v) is 4.40. The van der Waals surface area contributed by atoms with Gasteiger partial charge in [0.2, 0.25) is 11.8 Å². The second-order valence-corrected chi connectivity index (χ2v) is 7.91. The maximum absolute atomic E-state index is 12.9. The molecule has 0 aliphatic carbocycles. The normalized spacial score (nSPS) is 29.0. The number of carbonyl (C=O) groups is 3. The first-order valence-corrected chi connectivity index (χ1v) is 9.70. The number of hydrogen-bond donors (Lipinski definition) is 2. The van der Waals surface area contributed by atoms with E-state index in [4.69, 9.17) is 5.73 Å². The van der Waals surface area contributed by atoms with Gasteiger partial charge in [0.05, 0.1) is 0 Å². The van der Waals surface area contributed by atoms with Crippen LogP contribution in [0, 0.1) is 0 Å². The Morgan fingerprint density at radius 1 is 1.22 bits per heavy atom. The minimum absolute atomic E-state index is 0.121. The molecule has 1 unspecified atom stereocenters. The molecule has 4 rings (SSSR count). The van der Waals surface area contributed by atoms with Crippen LogP contribution in [0.3, 0.4) is 0 Å². The summed E-state index contributed by atoms with van der Waals surface area (Å²) in [6, 6.07) is 5.96. The Morgan fingerprint density at radius 2 is 2.04 bits per heavy atom. The van der Waals surface area contributed by atoms with Crippen molar-refractivity contribution < 1.29 is 14.4 Å². The number of nitrogens with one attached hydrogen (secondary N) is 1. The molecule has 7 nitrogen and oxygen atoms in total. The molecule has 7 heteroatoms. The molecule has 0 radical (unpaired) electrons. The van der Waals surface area contributed by atoms with Crippen molar-refractivity contribution in [3.8, 4) is 0 Å². The van der Waals surface area contributed by atoms with Crippen molar-refractivity contribution >= 4 is 17.7 Å². The van der Waals surface area contributed by atoms with Crippen LogP contribution < -0.4 is 11.1 Å². The second-order valence-electron chi connectivity index (χ2n) is 7.91. The molecule has 1 aromatic carbocycles. The zero-order chi connectivity index (χ0) is 19.1. The number of imide groups is 1. The van der Waals surface area contributed by atoms with E-state index in [1.54, 1.807) is 4.90 Å². The lowest BCUT2D eigenvalue weighted by molar-refractivity contribution is -0.136. The van der Waals surface area contributed by atoms with Gasteiger partial charge in [0.1, 0.15) is 6.04 Å². The lowest BCUT2D eigenvalue weighted by Crippen LogP contribution is -2.52. The van der Waals surface area contributed by atoms with Crippen LogP contribution in [0.1, 0.15) is 54.1 Å². The summed E-state index contributed by atoms with van der Waals surface area (Å²) in [5.41, 5.74) is 8.90. The summed E-state index contributed by atoms with van der Waals surface area (Å²) in [4.78, 5) is 40.4. The molecule has 0 aromatic heterocycles. The number of piperidine rings is 2. The Morgan fingerprint density at radius 3 is 2.81 bits per heavy atom. The molecule has 3 amide bonds. The topological polar surface area (TPSA) is 95.7 Å². The molecule has 2 saturated heterocycles. The van der Waals surface area contributed by atoms with E-state index < -0.39 is 6.04 Å². The third kappa shape index (κ3) is 3.37. The van der Waals surface area contributed by atoms with Crippen molar-refractivity contribution in [1.29, 1.82) is 0 Å². The average molecular weight is 370 g/mol. The summed E-state index contributed by atoms with van der Waals surface area (Å²) >= 11 is 0. The summed E-state index contributed by atoms with van der Waals surface area (Å²) < 4.78 is 0. The van der Waals surface area contributed by atoms with Crippen LogP contribution >= 0.6 is 0 Å². The van der Waals surface area contributed by atoms with Gasteiger partial charge in [-0.1, -0.05) is 12.1 Å². The number of rotatable bonds is 3. The van der Waals surface area contributed by atoms with Crippen molar-refractivity contribution in [3.63, 3.8) is 0 Å². The van der Waals surface area contributed by atoms with Crippen molar-refractivity contribution in [2.75, 3.05) is 6.54 Å². The molecule has 3 N–H and O–H groups in total. The van der Waals surface area contributed by atoms with Crippen molar-refractivity contribution in [1.82, 2.24) is 15.1 Å². The average Bonchev–Trinajstić information content (AvgIpc) is 2.95. The minimum Gasteiger partial charge on any atom is -0.326 e. The highest BCUT2D eigenvalue weighted by Crippen LogP contribution is 2.29. The number of likely N-dealkylation sites (tertiary alicyclic amines) is 1. The van der Waals surface area contributed by atoms with Crippen LogP contribution in [0.4, 0.5) is 0 Å². The van der Waals surface area contributed by atoms with Gasteiger partial charge in [-0.3, -0.25) is 24.6 Å². The monoisotopic (exact) mass is 370 g/mol. The highest BCUT2D eigenvalue weighted by Gasteiger charge is 2.39. The summed E-state index contributed by atoms with van der Waals surface area (Å²) in [6.07, 6.45) is 2.81. The van der Waals surface area contributed by atoms with Gasteiger partial charge in [-0.15, -0.1) is 0 Å². The van der Waals surface area contributed by atoms with Gasteiger partial charge in [-0.2, -0.15) is 0 Å². The summed E-state index contributed by atoms with van der Waals surface area (Å²) in [6.45, 7) is 4.37. The highest BCUT2D eigenvalue weighted by molar-refractivity contribution is 6.05. The highest BCUT2D eigenvalue weighted by atomic mass is 16.2. The Balaban J connectivity index is 1.50. The molecule has 1 aromatic rings. The van der Waals surface area contributed by atoms with E-state index in [1.807, 2.05) is 12.1 Å². The van der Waals surface area contributed by atoms with Crippen molar-refractivity contribution in [2.24, 2.45) is 5.73 Å². The molecule has 3 atom stereocenters. The lowest BCUT2D eigenvalue weighted by Gasteiger charge is -2.37. The van der Waals surface area contributed by atoms with Crippen LogP contribution in [0.25, 0.3) is 0 Å². The van der Waals surface area contributed by atoms with E-state index in [9.17, 15) is 14.4 Å². The third-order valence-corrected chi connectivity index (χ3v) is 6.16. The number of carbonyl (C=O) groups excluding carboxylic acids is 3.